The fourth-order valence-electron chi connectivity index (χ4n) is 2.66. The zero-order valence-corrected chi connectivity index (χ0v) is 11.6. The van der Waals surface area contributed by atoms with Crippen LogP contribution in [0.4, 0.5) is 5.82 Å². The van der Waals surface area contributed by atoms with Crippen LogP contribution in [0.3, 0.4) is 0 Å². The van der Waals surface area contributed by atoms with E-state index in [9.17, 15) is 0 Å². The molecule has 1 heterocycles. The third-order valence-corrected chi connectivity index (χ3v) is 3.33. The number of aromatic amines is 1. The smallest absolute Gasteiger partial charge is 0.149 e. The highest BCUT2D eigenvalue weighted by Gasteiger charge is 2.15. The average molecular weight is 243 g/mol. The molecule has 2 aromatic rings. The Morgan fingerprint density at radius 2 is 1.78 bits per heavy atom. The number of aromatic nitrogens is 2. The van der Waals surface area contributed by atoms with Gasteiger partial charge in [0.2, 0.25) is 0 Å². The van der Waals surface area contributed by atoms with E-state index in [1.165, 1.54) is 22.3 Å². The number of nitrogens with zero attached hydrogens (tertiary/aromatic N) is 1. The zero-order chi connectivity index (χ0) is 13.3. The van der Waals surface area contributed by atoms with Crippen LogP contribution in [0.2, 0.25) is 0 Å². The van der Waals surface area contributed by atoms with Gasteiger partial charge in [-0.1, -0.05) is 31.0 Å². The van der Waals surface area contributed by atoms with E-state index >= 15 is 0 Å². The van der Waals surface area contributed by atoms with Gasteiger partial charge < -0.3 is 5.73 Å². The summed E-state index contributed by atoms with van der Waals surface area (Å²) in [4.78, 5) is 0. The van der Waals surface area contributed by atoms with Gasteiger partial charge in [-0.25, -0.2) is 0 Å². The Morgan fingerprint density at radius 1 is 1.17 bits per heavy atom. The summed E-state index contributed by atoms with van der Waals surface area (Å²) in [5, 5.41) is 7.27. The minimum Gasteiger partial charge on any atom is -0.382 e. The first-order chi connectivity index (χ1) is 8.54. The predicted octanol–water partition coefficient (Wildman–Crippen LogP) is 3.54. The number of hydrogen-bond donors (Lipinski definition) is 2. The van der Waals surface area contributed by atoms with Gasteiger partial charge in [-0.2, -0.15) is 5.10 Å². The fourth-order valence-corrected chi connectivity index (χ4v) is 2.66. The second-order valence-electron chi connectivity index (χ2n) is 4.99. The summed E-state index contributed by atoms with van der Waals surface area (Å²) in [5.74, 6) is 0.631. The van der Waals surface area contributed by atoms with Crippen molar-refractivity contribution in [2.24, 2.45) is 0 Å². The minimum atomic E-state index is 0.631. The molecule has 3 N–H and O–H groups in total. The van der Waals surface area contributed by atoms with Gasteiger partial charge in [-0.15, -0.1) is 0 Å². The summed E-state index contributed by atoms with van der Waals surface area (Å²) < 4.78 is 0. The molecule has 18 heavy (non-hydrogen) atoms. The summed E-state index contributed by atoms with van der Waals surface area (Å²) in [7, 11) is 0. The molecule has 0 atom stereocenters. The number of hydrogen-bond acceptors (Lipinski definition) is 2. The Hall–Kier alpha value is -1.77. The summed E-state index contributed by atoms with van der Waals surface area (Å²) >= 11 is 0. The molecule has 0 bridgehead atoms. The molecular formula is C15H21N3. The van der Waals surface area contributed by atoms with Gasteiger partial charge in [0.25, 0.3) is 0 Å². The number of anilines is 1. The second-order valence-corrected chi connectivity index (χ2v) is 4.99. The van der Waals surface area contributed by atoms with Crippen molar-refractivity contribution < 1.29 is 0 Å². The maximum Gasteiger partial charge on any atom is 0.149 e. The minimum absolute atomic E-state index is 0.631. The molecule has 0 aliphatic rings. The van der Waals surface area contributed by atoms with E-state index in [-0.39, 0.29) is 0 Å². The number of nitrogens with one attached hydrogen (secondary N) is 1. The molecule has 0 unspecified atom stereocenters. The highest BCUT2D eigenvalue weighted by molar-refractivity contribution is 5.74. The highest BCUT2D eigenvalue weighted by Crippen LogP contribution is 2.32. The summed E-state index contributed by atoms with van der Waals surface area (Å²) in [5.41, 5.74) is 13.3. The van der Waals surface area contributed by atoms with Crippen LogP contribution in [0.25, 0.3) is 11.3 Å². The van der Waals surface area contributed by atoms with E-state index in [2.05, 4.69) is 50.0 Å². The molecule has 96 valence electrons. The van der Waals surface area contributed by atoms with Gasteiger partial charge in [0.15, 0.2) is 0 Å². The first kappa shape index (κ1) is 12.7. The van der Waals surface area contributed by atoms with Crippen LogP contribution >= 0.6 is 0 Å². The van der Waals surface area contributed by atoms with Crippen LogP contribution < -0.4 is 5.73 Å². The lowest BCUT2D eigenvalue weighted by atomic mass is 9.94. The monoisotopic (exact) mass is 243 g/mol. The lowest BCUT2D eigenvalue weighted by Crippen LogP contribution is -1.96. The second kappa shape index (κ2) is 4.84. The molecule has 3 nitrogen and oxygen atoms in total. The van der Waals surface area contributed by atoms with Gasteiger partial charge in [0.05, 0.1) is 5.69 Å². The van der Waals surface area contributed by atoms with Gasteiger partial charge in [-0.3, -0.25) is 5.10 Å². The van der Waals surface area contributed by atoms with Gasteiger partial charge in [0, 0.05) is 11.1 Å². The van der Waals surface area contributed by atoms with E-state index in [1.54, 1.807) is 0 Å². The Morgan fingerprint density at radius 3 is 2.33 bits per heavy atom. The van der Waals surface area contributed by atoms with E-state index in [0.717, 1.165) is 24.1 Å². The Labute approximate surface area is 108 Å². The van der Waals surface area contributed by atoms with E-state index in [0.29, 0.717) is 5.82 Å². The van der Waals surface area contributed by atoms with Crippen molar-refractivity contribution >= 4 is 5.82 Å². The first-order valence-electron chi connectivity index (χ1n) is 6.45. The molecule has 1 aromatic heterocycles. The summed E-state index contributed by atoms with van der Waals surface area (Å²) in [6.45, 7) is 8.56. The van der Waals surface area contributed by atoms with E-state index in [4.69, 9.17) is 5.73 Å². The maximum absolute atomic E-state index is 5.95. The molecular weight excluding hydrogens is 222 g/mol. The molecule has 0 saturated heterocycles. The SMILES string of the molecule is CCCc1c(N)n[nH]c1-c1c(C)cc(C)cc1C. The topological polar surface area (TPSA) is 54.7 Å². The Bertz CT molecular complexity index is 544. The van der Waals surface area contributed by atoms with Crippen molar-refractivity contribution in [1.29, 1.82) is 0 Å². The van der Waals surface area contributed by atoms with Gasteiger partial charge in [0.1, 0.15) is 5.82 Å². The lowest BCUT2D eigenvalue weighted by molar-refractivity contribution is 0.926. The van der Waals surface area contributed by atoms with Crippen LogP contribution in [-0.2, 0) is 6.42 Å². The summed E-state index contributed by atoms with van der Waals surface area (Å²) in [6, 6.07) is 4.41. The van der Waals surface area contributed by atoms with Crippen molar-refractivity contribution in [1.82, 2.24) is 10.2 Å². The fraction of sp³-hybridized carbons (Fsp3) is 0.400. The standard InChI is InChI=1S/C15H21N3/c1-5-6-12-14(17-18-15(12)16)13-10(3)7-9(2)8-11(13)4/h7-8H,5-6H2,1-4H3,(H3,16,17,18). The first-order valence-corrected chi connectivity index (χ1v) is 6.45. The molecule has 0 radical (unpaired) electrons. The molecule has 0 fully saturated rings. The molecule has 0 aliphatic carbocycles. The van der Waals surface area contributed by atoms with Crippen LogP contribution in [0.5, 0.6) is 0 Å². The third-order valence-electron chi connectivity index (χ3n) is 3.33. The molecule has 0 spiro atoms. The number of aryl methyl sites for hydroxylation is 3. The van der Waals surface area contributed by atoms with E-state index in [1.807, 2.05) is 0 Å². The van der Waals surface area contributed by atoms with Gasteiger partial charge in [-0.05, 0) is 38.3 Å². The van der Waals surface area contributed by atoms with Crippen molar-refractivity contribution in [2.75, 3.05) is 5.73 Å². The van der Waals surface area contributed by atoms with Crippen LogP contribution in [0.15, 0.2) is 12.1 Å². The largest absolute Gasteiger partial charge is 0.382 e. The molecule has 0 amide bonds. The number of nitrogen functional groups attached to an aromatic ring is 1. The zero-order valence-electron chi connectivity index (χ0n) is 11.6. The van der Waals surface area contributed by atoms with E-state index < -0.39 is 0 Å². The highest BCUT2D eigenvalue weighted by atomic mass is 15.2. The summed E-state index contributed by atoms with van der Waals surface area (Å²) in [6.07, 6.45) is 2.03. The average Bonchev–Trinajstić information content (AvgIpc) is 2.61. The quantitative estimate of drug-likeness (QED) is 0.866. The van der Waals surface area contributed by atoms with Crippen LogP contribution in [0.1, 0.15) is 35.6 Å². The maximum atomic E-state index is 5.95. The number of rotatable bonds is 3. The molecule has 2 rings (SSSR count). The Balaban J connectivity index is 2.62. The normalized spacial score (nSPS) is 10.9. The molecule has 0 saturated carbocycles. The Kier molecular flexibility index (Phi) is 3.41. The third kappa shape index (κ3) is 2.13. The number of benzene rings is 1. The molecule has 0 aliphatic heterocycles. The predicted molar refractivity (Wildman–Crippen MR) is 76.6 cm³/mol. The molecule has 1 aromatic carbocycles. The molecule has 3 heteroatoms. The number of nitrogens with two attached hydrogens (primary N) is 1. The van der Waals surface area contributed by atoms with Crippen molar-refractivity contribution in [2.45, 2.75) is 40.5 Å². The number of H-pyrrole nitrogens is 1. The van der Waals surface area contributed by atoms with Crippen LogP contribution in [0, 0.1) is 20.8 Å². The lowest BCUT2D eigenvalue weighted by Gasteiger charge is -2.11. The van der Waals surface area contributed by atoms with Gasteiger partial charge >= 0.3 is 0 Å². The van der Waals surface area contributed by atoms with Crippen molar-refractivity contribution in [3.8, 4) is 11.3 Å². The van der Waals surface area contributed by atoms with Crippen molar-refractivity contribution in [3.63, 3.8) is 0 Å². The van der Waals surface area contributed by atoms with Crippen LogP contribution in [-0.4, -0.2) is 10.2 Å². The van der Waals surface area contributed by atoms with Crippen molar-refractivity contribution in [3.05, 3.63) is 34.4 Å².